The van der Waals surface area contributed by atoms with Gasteiger partial charge in [-0.15, -0.1) is 0 Å². The summed E-state index contributed by atoms with van der Waals surface area (Å²) in [7, 11) is 0. The molecule has 2 heterocycles. The Balaban J connectivity index is 2.41. The van der Waals surface area contributed by atoms with Gasteiger partial charge in [-0.3, -0.25) is 4.90 Å². The van der Waals surface area contributed by atoms with E-state index in [-0.39, 0.29) is 24.7 Å². The van der Waals surface area contributed by atoms with Crippen LogP contribution in [0.5, 0.6) is 0 Å². The summed E-state index contributed by atoms with van der Waals surface area (Å²) in [5.41, 5.74) is 4.11. The number of aromatic nitrogens is 1. The van der Waals surface area contributed by atoms with Crippen molar-refractivity contribution in [1.29, 1.82) is 0 Å². The van der Waals surface area contributed by atoms with E-state index in [9.17, 15) is 18.0 Å². The van der Waals surface area contributed by atoms with Crippen molar-refractivity contribution in [3.05, 3.63) is 17.8 Å². The number of ether oxygens (including phenoxy) is 1. The molecule has 1 fully saturated rings. The Labute approximate surface area is 94.0 Å². The van der Waals surface area contributed by atoms with Crippen molar-refractivity contribution in [2.75, 3.05) is 23.8 Å². The van der Waals surface area contributed by atoms with Crippen molar-refractivity contribution in [3.63, 3.8) is 0 Å². The molecule has 0 atom stereocenters. The molecule has 5 nitrogen and oxygen atoms in total. The van der Waals surface area contributed by atoms with E-state index in [2.05, 4.69) is 9.72 Å². The lowest BCUT2D eigenvalue weighted by Gasteiger charge is -2.14. The van der Waals surface area contributed by atoms with Crippen LogP contribution in [0.1, 0.15) is 5.69 Å². The summed E-state index contributed by atoms with van der Waals surface area (Å²) in [6, 6.07) is 1.91. The summed E-state index contributed by atoms with van der Waals surface area (Å²) in [6.45, 7) is 0.281. The number of anilines is 2. The molecule has 1 aromatic heterocycles. The highest BCUT2D eigenvalue weighted by molar-refractivity contribution is 5.88. The molecular formula is C9H8F3N3O2. The van der Waals surface area contributed by atoms with Crippen molar-refractivity contribution in [3.8, 4) is 0 Å². The highest BCUT2D eigenvalue weighted by Gasteiger charge is 2.34. The van der Waals surface area contributed by atoms with Crippen LogP contribution < -0.4 is 10.6 Å². The normalized spacial score (nSPS) is 16.2. The second kappa shape index (κ2) is 3.79. The third-order valence-electron chi connectivity index (χ3n) is 2.16. The van der Waals surface area contributed by atoms with Crippen LogP contribution in [0, 0.1) is 0 Å². The first-order valence-electron chi connectivity index (χ1n) is 4.67. The number of pyridine rings is 1. The maximum atomic E-state index is 12.5. The second-order valence-electron chi connectivity index (χ2n) is 3.41. The Hall–Kier alpha value is -1.99. The van der Waals surface area contributed by atoms with Crippen molar-refractivity contribution in [2.24, 2.45) is 0 Å². The fraction of sp³-hybridized carbons (Fsp3) is 0.333. The first-order valence-corrected chi connectivity index (χ1v) is 4.67. The molecule has 17 heavy (non-hydrogen) atoms. The highest BCUT2D eigenvalue weighted by atomic mass is 19.4. The maximum absolute atomic E-state index is 12.5. The van der Waals surface area contributed by atoms with Crippen molar-refractivity contribution >= 4 is 17.6 Å². The van der Waals surface area contributed by atoms with E-state index in [0.717, 1.165) is 4.90 Å². The number of halogens is 3. The number of hydrogen-bond acceptors (Lipinski definition) is 4. The summed E-state index contributed by atoms with van der Waals surface area (Å²) < 4.78 is 42.0. The smallest absolute Gasteiger partial charge is 0.433 e. The van der Waals surface area contributed by atoms with Gasteiger partial charge in [0.05, 0.1) is 6.54 Å². The predicted octanol–water partition coefficient (Wildman–Crippen LogP) is 1.64. The molecule has 1 saturated heterocycles. The Morgan fingerprint density at radius 2 is 2.12 bits per heavy atom. The zero-order valence-electron chi connectivity index (χ0n) is 8.49. The van der Waals surface area contributed by atoms with Gasteiger partial charge in [-0.25, -0.2) is 9.78 Å². The van der Waals surface area contributed by atoms with Gasteiger partial charge in [0.25, 0.3) is 0 Å². The molecule has 0 unspecified atom stereocenters. The molecule has 1 amide bonds. The van der Waals surface area contributed by atoms with E-state index in [1.165, 1.54) is 6.07 Å². The average Bonchev–Trinajstić information content (AvgIpc) is 2.62. The van der Waals surface area contributed by atoms with Gasteiger partial charge >= 0.3 is 12.3 Å². The van der Waals surface area contributed by atoms with Crippen LogP contribution in [0.15, 0.2) is 12.1 Å². The summed E-state index contributed by atoms with van der Waals surface area (Å²) in [5, 5.41) is 0. The summed E-state index contributed by atoms with van der Waals surface area (Å²) >= 11 is 0. The SMILES string of the molecule is Nc1cc(N2CCOC2=O)nc(C(F)(F)F)c1. The number of nitrogens with zero attached hydrogens (tertiary/aromatic N) is 2. The van der Waals surface area contributed by atoms with Crippen LogP contribution >= 0.6 is 0 Å². The zero-order valence-corrected chi connectivity index (χ0v) is 8.49. The molecular weight excluding hydrogens is 239 g/mol. The quantitative estimate of drug-likeness (QED) is 0.819. The van der Waals surface area contributed by atoms with Gasteiger partial charge in [-0.2, -0.15) is 13.2 Å². The molecule has 0 aliphatic carbocycles. The van der Waals surface area contributed by atoms with E-state index >= 15 is 0 Å². The Bertz CT molecular complexity index is 461. The number of carbonyl (C=O) groups excluding carboxylic acids is 1. The number of nitrogen functional groups attached to an aromatic ring is 1. The van der Waals surface area contributed by atoms with Crippen LogP contribution in [0.4, 0.5) is 29.5 Å². The molecule has 0 aromatic carbocycles. The van der Waals surface area contributed by atoms with Crippen molar-refractivity contribution in [2.45, 2.75) is 6.18 Å². The number of rotatable bonds is 1. The molecule has 2 rings (SSSR count). The first-order chi connectivity index (χ1) is 7.88. The second-order valence-corrected chi connectivity index (χ2v) is 3.41. The lowest BCUT2D eigenvalue weighted by Crippen LogP contribution is -2.25. The van der Waals surface area contributed by atoms with E-state index in [0.29, 0.717) is 6.07 Å². The topological polar surface area (TPSA) is 68.4 Å². The molecule has 1 aromatic rings. The third-order valence-corrected chi connectivity index (χ3v) is 2.16. The number of nitrogens with two attached hydrogens (primary N) is 1. The molecule has 0 bridgehead atoms. The molecule has 0 spiro atoms. The minimum absolute atomic E-state index is 0.109. The molecule has 92 valence electrons. The predicted molar refractivity (Wildman–Crippen MR) is 52.3 cm³/mol. The number of amides is 1. The van der Waals surface area contributed by atoms with Crippen molar-refractivity contribution in [1.82, 2.24) is 4.98 Å². The molecule has 0 radical (unpaired) electrons. The summed E-state index contributed by atoms with van der Waals surface area (Å²) in [5.74, 6) is -0.153. The third kappa shape index (κ3) is 2.24. The number of carbonyl (C=O) groups is 1. The zero-order chi connectivity index (χ0) is 12.6. The molecule has 2 N–H and O–H groups in total. The number of cyclic esters (lactones) is 1. The van der Waals surface area contributed by atoms with Gasteiger partial charge < -0.3 is 10.5 Å². The molecule has 1 aliphatic rings. The Kier molecular flexibility index (Phi) is 2.56. The minimum atomic E-state index is -4.60. The summed E-state index contributed by atoms with van der Waals surface area (Å²) in [4.78, 5) is 15.6. The van der Waals surface area contributed by atoms with Gasteiger partial charge in [0, 0.05) is 11.8 Å². The van der Waals surface area contributed by atoms with Crippen molar-refractivity contribution < 1.29 is 22.7 Å². The van der Waals surface area contributed by atoms with Gasteiger partial charge in [0.2, 0.25) is 0 Å². The van der Waals surface area contributed by atoms with E-state index in [4.69, 9.17) is 5.73 Å². The van der Waals surface area contributed by atoms with E-state index in [1.807, 2.05) is 0 Å². The lowest BCUT2D eigenvalue weighted by molar-refractivity contribution is -0.141. The number of alkyl halides is 3. The Morgan fingerprint density at radius 1 is 1.41 bits per heavy atom. The van der Waals surface area contributed by atoms with Crippen LogP contribution in [-0.2, 0) is 10.9 Å². The molecule has 0 saturated carbocycles. The van der Waals surface area contributed by atoms with Crippen LogP contribution in [0.3, 0.4) is 0 Å². The monoisotopic (exact) mass is 247 g/mol. The van der Waals surface area contributed by atoms with Gasteiger partial charge in [-0.1, -0.05) is 0 Å². The van der Waals surface area contributed by atoms with Crippen LogP contribution in [-0.4, -0.2) is 24.2 Å². The lowest BCUT2D eigenvalue weighted by atomic mass is 10.3. The van der Waals surface area contributed by atoms with Gasteiger partial charge in [0.15, 0.2) is 0 Å². The van der Waals surface area contributed by atoms with Gasteiger partial charge in [0.1, 0.15) is 18.1 Å². The van der Waals surface area contributed by atoms with Crippen LogP contribution in [0.25, 0.3) is 0 Å². The molecule has 8 heteroatoms. The highest BCUT2D eigenvalue weighted by Crippen LogP contribution is 2.31. The van der Waals surface area contributed by atoms with Gasteiger partial charge in [-0.05, 0) is 6.07 Å². The fourth-order valence-corrected chi connectivity index (χ4v) is 1.42. The standard InChI is InChI=1S/C9H8F3N3O2/c10-9(11,12)6-3-5(13)4-7(14-6)15-1-2-17-8(15)16/h3-4H,1-2H2,(H2,13,14). The van der Waals surface area contributed by atoms with Crippen LogP contribution in [0.2, 0.25) is 0 Å². The Morgan fingerprint density at radius 3 is 2.65 bits per heavy atom. The molecule has 1 aliphatic heterocycles. The van der Waals surface area contributed by atoms with E-state index < -0.39 is 18.0 Å². The minimum Gasteiger partial charge on any atom is -0.447 e. The average molecular weight is 247 g/mol. The fourth-order valence-electron chi connectivity index (χ4n) is 1.42. The first kappa shape index (κ1) is 11.5. The van der Waals surface area contributed by atoms with E-state index in [1.54, 1.807) is 0 Å². The largest absolute Gasteiger partial charge is 0.447 e. The maximum Gasteiger partial charge on any atom is 0.433 e. The number of hydrogen-bond donors (Lipinski definition) is 1. The summed E-state index contributed by atoms with van der Waals surface area (Å²) in [6.07, 6.45) is -5.33.